The van der Waals surface area contributed by atoms with Crippen molar-refractivity contribution < 1.29 is 4.74 Å². The summed E-state index contributed by atoms with van der Waals surface area (Å²) in [6.07, 6.45) is 2.72. The Hall–Kier alpha value is -4.19. The molecule has 3 aromatic carbocycles. The quantitative estimate of drug-likeness (QED) is 0.325. The van der Waals surface area contributed by atoms with Gasteiger partial charge in [0.2, 0.25) is 0 Å². The third kappa shape index (κ3) is 2.64. The average molecular weight is 431 g/mol. The molecule has 6 aromatic rings. The minimum absolute atomic E-state index is 0.486. The molecule has 1 aliphatic rings. The molecule has 33 heavy (non-hydrogen) atoms. The Morgan fingerprint density at radius 1 is 0.909 bits per heavy atom. The molecule has 0 saturated carbocycles. The van der Waals surface area contributed by atoms with Gasteiger partial charge in [-0.05, 0) is 48.4 Å². The van der Waals surface area contributed by atoms with Gasteiger partial charge in [-0.2, -0.15) is 0 Å². The van der Waals surface area contributed by atoms with E-state index in [0.717, 1.165) is 84.6 Å². The molecular formula is C27H21N5O. The molecule has 6 nitrogen and oxygen atoms in total. The summed E-state index contributed by atoms with van der Waals surface area (Å²) in [5, 5.41) is 3.33. The van der Waals surface area contributed by atoms with Crippen molar-refractivity contribution in [3.63, 3.8) is 0 Å². The highest BCUT2D eigenvalue weighted by molar-refractivity contribution is 6.22. The number of pyridine rings is 1. The number of hydrogen-bond acceptors (Lipinski definition) is 4. The van der Waals surface area contributed by atoms with Crippen LogP contribution in [-0.2, 0) is 13.0 Å². The smallest absolute Gasteiger partial charge is 0.132 e. The zero-order valence-corrected chi connectivity index (χ0v) is 18.4. The van der Waals surface area contributed by atoms with Crippen LogP contribution in [-0.4, -0.2) is 24.9 Å². The summed E-state index contributed by atoms with van der Waals surface area (Å²) >= 11 is 0. The predicted molar refractivity (Wildman–Crippen MR) is 130 cm³/mol. The maximum absolute atomic E-state index is 6.05. The number of aromatic nitrogens is 5. The fraction of sp³-hybridized carbons (Fsp3) is 0.148. The minimum Gasteiger partial charge on any atom is -0.486 e. The second-order valence-electron chi connectivity index (χ2n) is 8.56. The number of ether oxygens (including phenoxy) is 1. The van der Waals surface area contributed by atoms with Gasteiger partial charge in [-0.3, -0.25) is 4.98 Å². The molecule has 1 aliphatic heterocycles. The van der Waals surface area contributed by atoms with Crippen molar-refractivity contribution in [2.75, 3.05) is 0 Å². The van der Waals surface area contributed by atoms with Gasteiger partial charge < -0.3 is 14.7 Å². The molecule has 0 fully saturated rings. The number of hydrogen-bond donors (Lipinski definition) is 2. The SMILES string of the molecule is CCc1nc2c3cccnc3c3cc(-c4ccc5c(c4)OCc4nc(C)[nH]c4-5)ccc3c2[nH]1. The number of fused-ring (bicyclic) bond motifs is 9. The lowest BCUT2D eigenvalue weighted by Crippen LogP contribution is -2.05. The van der Waals surface area contributed by atoms with E-state index in [1.807, 2.05) is 19.2 Å². The largest absolute Gasteiger partial charge is 0.486 e. The van der Waals surface area contributed by atoms with Crippen LogP contribution in [0, 0.1) is 6.92 Å². The van der Waals surface area contributed by atoms with Gasteiger partial charge in [-0.25, -0.2) is 9.97 Å². The molecule has 4 heterocycles. The molecule has 0 atom stereocenters. The maximum atomic E-state index is 6.05. The highest BCUT2D eigenvalue weighted by Gasteiger charge is 2.21. The second-order valence-corrected chi connectivity index (χ2v) is 8.56. The molecule has 0 saturated heterocycles. The van der Waals surface area contributed by atoms with Crippen LogP contribution in [0.15, 0.2) is 54.7 Å². The third-order valence-electron chi connectivity index (χ3n) is 6.54. The summed E-state index contributed by atoms with van der Waals surface area (Å²) in [6.45, 7) is 4.57. The van der Waals surface area contributed by atoms with E-state index in [2.05, 4.69) is 64.3 Å². The number of H-pyrrole nitrogens is 2. The van der Waals surface area contributed by atoms with Gasteiger partial charge in [0.1, 0.15) is 29.7 Å². The summed E-state index contributed by atoms with van der Waals surface area (Å²) in [4.78, 5) is 21.0. The van der Waals surface area contributed by atoms with E-state index in [9.17, 15) is 0 Å². The molecular weight excluding hydrogens is 410 g/mol. The molecule has 2 N–H and O–H groups in total. The first-order chi connectivity index (χ1) is 16.2. The Labute approximate surface area is 189 Å². The minimum atomic E-state index is 0.486. The lowest BCUT2D eigenvalue weighted by atomic mass is 9.96. The monoisotopic (exact) mass is 431 g/mol. The highest BCUT2D eigenvalue weighted by atomic mass is 16.5. The van der Waals surface area contributed by atoms with E-state index in [1.165, 1.54) is 0 Å². The Morgan fingerprint density at radius 3 is 2.70 bits per heavy atom. The van der Waals surface area contributed by atoms with Gasteiger partial charge in [-0.15, -0.1) is 0 Å². The number of nitrogens with one attached hydrogen (secondary N) is 2. The molecule has 0 unspecified atom stereocenters. The average Bonchev–Trinajstić information content (AvgIpc) is 3.47. The van der Waals surface area contributed by atoms with E-state index in [4.69, 9.17) is 14.7 Å². The molecule has 0 amide bonds. The molecule has 0 spiro atoms. The molecule has 0 radical (unpaired) electrons. The number of benzene rings is 3. The molecule has 160 valence electrons. The molecule has 0 aliphatic carbocycles. The standard InChI is InChI=1S/C27H21N5O/c1-3-23-31-26-17-8-6-15(11-20(17)24-19(27(26)32-23)5-4-10-28-24)16-7-9-18-22(12-16)33-13-21-25(18)30-14(2)29-21/h4-12H,3,13H2,1-2H3,(H,29,30)(H,31,32). The van der Waals surface area contributed by atoms with Crippen LogP contribution in [0.4, 0.5) is 0 Å². The van der Waals surface area contributed by atoms with Gasteiger partial charge in [0, 0.05) is 34.3 Å². The van der Waals surface area contributed by atoms with Gasteiger partial charge in [0.05, 0.1) is 22.2 Å². The normalized spacial score (nSPS) is 12.8. The van der Waals surface area contributed by atoms with Gasteiger partial charge in [0.15, 0.2) is 0 Å². The van der Waals surface area contributed by atoms with Gasteiger partial charge in [0.25, 0.3) is 0 Å². The fourth-order valence-corrected chi connectivity index (χ4v) is 4.97. The van der Waals surface area contributed by atoms with Crippen molar-refractivity contribution in [3.05, 3.63) is 72.1 Å². The van der Waals surface area contributed by atoms with Crippen molar-refractivity contribution in [2.24, 2.45) is 0 Å². The summed E-state index contributed by atoms with van der Waals surface area (Å²) in [7, 11) is 0. The second kappa shape index (κ2) is 6.65. The number of aryl methyl sites for hydroxylation is 2. The Kier molecular flexibility index (Phi) is 3.71. The van der Waals surface area contributed by atoms with Crippen LogP contribution in [0.2, 0.25) is 0 Å². The first kappa shape index (κ1) is 18.4. The zero-order valence-electron chi connectivity index (χ0n) is 18.4. The lowest BCUT2D eigenvalue weighted by Gasteiger charge is -2.18. The topological polar surface area (TPSA) is 79.5 Å². The number of nitrogens with zero attached hydrogens (tertiary/aromatic N) is 3. The lowest BCUT2D eigenvalue weighted by molar-refractivity contribution is 0.298. The maximum Gasteiger partial charge on any atom is 0.132 e. The number of imidazole rings is 2. The Bertz CT molecular complexity index is 1730. The summed E-state index contributed by atoms with van der Waals surface area (Å²) in [5.74, 6) is 2.78. The van der Waals surface area contributed by atoms with Crippen LogP contribution in [0.25, 0.3) is 55.1 Å². The van der Waals surface area contributed by atoms with Crippen LogP contribution >= 0.6 is 0 Å². The van der Waals surface area contributed by atoms with Crippen molar-refractivity contribution in [1.29, 1.82) is 0 Å². The Morgan fingerprint density at radius 2 is 1.79 bits per heavy atom. The zero-order chi connectivity index (χ0) is 22.1. The molecule has 3 aromatic heterocycles. The summed E-state index contributed by atoms with van der Waals surface area (Å²) < 4.78 is 6.05. The Balaban J connectivity index is 1.44. The van der Waals surface area contributed by atoms with Gasteiger partial charge in [-0.1, -0.05) is 25.1 Å². The molecule has 7 rings (SSSR count). The van der Waals surface area contributed by atoms with E-state index < -0.39 is 0 Å². The third-order valence-corrected chi connectivity index (χ3v) is 6.54. The van der Waals surface area contributed by atoms with E-state index >= 15 is 0 Å². The van der Waals surface area contributed by atoms with Crippen LogP contribution < -0.4 is 4.74 Å². The van der Waals surface area contributed by atoms with Crippen LogP contribution in [0.5, 0.6) is 5.75 Å². The summed E-state index contributed by atoms with van der Waals surface area (Å²) in [6, 6.07) is 17.0. The van der Waals surface area contributed by atoms with Gasteiger partial charge >= 0.3 is 0 Å². The molecule has 0 bridgehead atoms. The highest BCUT2D eigenvalue weighted by Crippen LogP contribution is 2.40. The van der Waals surface area contributed by atoms with Crippen molar-refractivity contribution in [2.45, 2.75) is 26.9 Å². The first-order valence-corrected chi connectivity index (χ1v) is 11.2. The van der Waals surface area contributed by atoms with Crippen molar-refractivity contribution >= 4 is 32.7 Å². The van der Waals surface area contributed by atoms with Crippen molar-refractivity contribution in [3.8, 4) is 28.1 Å². The first-order valence-electron chi connectivity index (χ1n) is 11.2. The van der Waals surface area contributed by atoms with Crippen molar-refractivity contribution in [1.82, 2.24) is 24.9 Å². The van der Waals surface area contributed by atoms with E-state index in [-0.39, 0.29) is 0 Å². The number of aromatic amines is 2. The van der Waals surface area contributed by atoms with Crippen LogP contribution in [0.1, 0.15) is 24.3 Å². The fourth-order valence-electron chi connectivity index (χ4n) is 4.97. The summed E-state index contributed by atoms with van der Waals surface area (Å²) in [5.41, 5.74) is 8.35. The number of rotatable bonds is 2. The van der Waals surface area contributed by atoms with Crippen LogP contribution in [0.3, 0.4) is 0 Å². The van der Waals surface area contributed by atoms with E-state index in [1.54, 1.807) is 0 Å². The van der Waals surface area contributed by atoms with E-state index in [0.29, 0.717) is 6.61 Å². The molecule has 6 heteroatoms. The predicted octanol–water partition coefficient (Wildman–Crippen LogP) is 6.08.